The summed E-state index contributed by atoms with van der Waals surface area (Å²) in [4.78, 5) is 12.4. The zero-order chi connectivity index (χ0) is 20.4. The van der Waals surface area contributed by atoms with E-state index < -0.39 is 24.5 Å². The maximum absolute atomic E-state index is 10.5. The van der Waals surface area contributed by atoms with Gasteiger partial charge < -0.3 is 31.8 Å². The zero-order valence-electron chi connectivity index (χ0n) is 17.0. The van der Waals surface area contributed by atoms with Gasteiger partial charge in [-0.3, -0.25) is 4.57 Å². The van der Waals surface area contributed by atoms with Gasteiger partial charge in [-0.25, -0.2) is 15.0 Å². The molecule has 4 N–H and O–H groups in total. The molecule has 30 heavy (non-hydrogen) atoms. The van der Waals surface area contributed by atoms with Crippen molar-refractivity contribution in [3.8, 4) is 0 Å². The molecule has 5 rings (SSSR count). The van der Waals surface area contributed by atoms with Crippen LogP contribution in [0.3, 0.4) is 0 Å². The van der Waals surface area contributed by atoms with Crippen molar-refractivity contribution in [3.63, 3.8) is 0 Å². The van der Waals surface area contributed by atoms with Gasteiger partial charge in [-0.15, -0.1) is 12.3 Å². The van der Waals surface area contributed by atoms with Gasteiger partial charge in [0.05, 0.1) is 19.0 Å². The molecule has 3 aliphatic rings. The van der Waals surface area contributed by atoms with Gasteiger partial charge in [0.1, 0.15) is 24.1 Å². The molecule has 0 radical (unpaired) electrons. The van der Waals surface area contributed by atoms with Crippen LogP contribution in [0.4, 0.5) is 5.82 Å². The first kappa shape index (κ1) is 23.4. The molecule has 9 nitrogen and oxygen atoms in total. The molecular weight excluding hydrogens is 430 g/mol. The number of anilines is 1. The molecular formula is C20H29FeN5O4. The van der Waals surface area contributed by atoms with E-state index >= 15 is 0 Å². The maximum atomic E-state index is 10.5. The third-order valence-electron chi connectivity index (χ3n) is 5.88. The van der Waals surface area contributed by atoms with E-state index in [0.29, 0.717) is 17.1 Å². The van der Waals surface area contributed by atoms with Crippen LogP contribution < -0.4 is 5.73 Å². The smallest absolute Gasteiger partial charge is 0.541 e. The number of nitrogens with zero attached hydrogens (tertiary/aromatic N) is 4. The fraction of sp³-hybridized carbons (Fsp3) is 0.650. The van der Waals surface area contributed by atoms with E-state index in [-0.39, 0.29) is 29.5 Å². The van der Waals surface area contributed by atoms with Gasteiger partial charge in [-0.1, -0.05) is 19.8 Å². The van der Waals surface area contributed by atoms with Crippen molar-refractivity contribution in [1.29, 1.82) is 0 Å². The summed E-state index contributed by atoms with van der Waals surface area (Å²) in [6.07, 6.45) is 10.8. The molecule has 166 valence electrons. The molecule has 3 fully saturated rings. The number of hydrogen-bond acceptors (Lipinski definition) is 8. The van der Waals surface area contributed by atoms with Crippen LogP contribution in [0.15, 0.2) is 12.7 Å². The monoisotopic (exact) mass is 459 g/mol. The number of fused-ring (bicyclic) bond motifs is 1. The fourth-order valence-electron chi connectivity index (χ4n) is 3.90. The van der Waals surface area contributed by atoms with Crippen molar-refractivity contribution >= 4 is 17.0 Å². The van der Waals surface area contributed by atoms with Crippen molar-refractivity contribution in [2.45, 2.75) is 70.0 Å². The molecule has 10 heteroatoms. The Kier molecular flexibility index (Phi) is 8.06. The normalized spacial score (nSPS) is 31.1. The molecule has 1 saturated heterocycles. The second-order valence-electron chi connectivity index (χ2n) is 7.88. The van der Waals surface area contributed by atoms with Crippen LogP contribution >= 0.6 is 0 Å². The van der Waals surface area contributed by atoms with Crippen molar-refractivity contribution in [2.75, 3.05) is 12.3 Å². The SMILES string of the molecule is CC1CC[C-]1OC1C(O)[C@@H](CO)O[C@H]1n1cnc2c(N)ncnc21.[CH-]1CCCC1.[Fe+2]. The van der Waals surface area contributed by atoms with Crippen LogP contribution in [0.5, 0.6) is 0 Å². The molecule has 2 aromatic heterocycles. The fourth-order valence-corrected chi connectivity index (χ4v) is 3.90. The van der Waals surface area contributed by atoms with Crippen molar-refractivity contribution in [3.05, 3.63) is 25.2 Å². The van der Waals surface area contributed by atoms with Crippen LogP contribution in [-0.4, -0.2) is 54.7 Å². The Balaban J connectivity index is 0.000000376. The van der Waals surface area contributed by atoms with E-state index in [1.54, 1.807) is 4.57 Å². The molecule has 2 aromatic rings. The molecule has 0 aromatic carbocycles. The number of nitrogens with two attached hydrogens (primary N) is 1. The summed E-state index contributed by atoms with van der Waals surface area (Å²) in [5, 5.41) is 20.0. The number of imidazole rings is 1. The largest absolute Gasteiger partial charge is 2.00 e. The number of nitrogen functional groups attached to an aromatic ring is 1. The Labute approximate surface area is 186 Å². The molecule has 0 spiro atoms. The quantitative estimate of drug-likeness (QED) is 0.466. The van der Waals surface area contributed by atoms with Crippen molar-refractivity contribution in [2.24, 2.45) is 5.92 Å². The molecule has 5 atom stereocenters. The topological polar surface area (TPSA) is 129 Å². The Bertz CT molecular complexity index is 810. The average Bonchev–Trinajstić information content (AvgIpc) is 3.47. The van der Waals surface area contributed by atoms with E-state index in [1.165, 1.54) is 38.3 Å². The first-order valence-corrected chi connectivity index (χ1v) is 10.3. The Morgan fingerprint density at radius 1 is 1.33 bits per heavy atom. The maximum Gasteiger partial charge on any atom is 2.00 e. The van der Waals surface area contributed by atoms with Gasteiger partial charge in [0, 0.05) is 0 Å². The first-order chi connectivity index (χ1) is 14.1. The molecule has 3 heterocycles. The molecule has 0 amide bonds. The van der Waals surface area contributed by atoms with Crippen LogP contribution in [0.2, 0.25) is 0 Å². The molecule has 1 aliphatic heterocycles. The minimum atomic E-state index is -0.947. The minimum Gasteiger partial charge on any atom is -0.541 e. The van der Waals surface area contributed by atoms with E-state index in [2.05, 4.69) is 28.3 Å². The van der Waals surface area contributed by atoms with E-state index in [0.717, 1.165) is 18.9 Å². The Hall–Kier alpha value is -1.29. The molecule has 3 unspecified atom stereocenters. The third kappa shape index (κ3) is 4.64. The number of aliphatic hydroxyl groups excluding tert-OH is 2. The molecule has 2 saturated carbocycles. The van der Waals surface area contributed by atoms with E-state index in [9.17, 15) is 10.2 Å². The number of aromatic nitrogens is 4. The van der Waals surface area contributed by atoms with Gasteiger partial charge in [0.15, 0.2) is 17.7 Å². The minimum absolute atomic E-state index is 0. The second kappa shape index (κ2) is 10.3. The van der Waals surface area contributed by atoms with Crippen LogP contribution in [0.25, 0.3) is 11.2 Å². The average molecular weight is 459 g/mol. The number of rotatable bonds is 4. The molecule has 0 bridgehead atoms. The standard InChI is InChI=1S/C15H20N5O4.C5H9.Fe/c1-7-2-3-8(7)23-12-11(22)9(4-21)24-15(12)20-6-19-10-13(16)17-5-18-14(10)20;1-2-4-5-3-1;/h5-7,9,11-12,15,21-22H,2-4H2,1H3,(H2,16,17,18);1H,2-5H2;/q2*-1;+2/t7?,9-,11?,12?,15-;;/m1../s1. The van der Waals surface area contributed by atoms with Crippen molar-refractivity contribution in [1.82, 2.24) is 19.5 Å². The summed E-state index contributed by atoms with van der Waals surface area (Å²) in [6.45, 7) is 1.78. The number of aliphatic hydroxyl groups is 2. The summed E-state index contributed by atoms with van der Waals surface area (Å²) in [5.41, 5.74) is 6.78. The summed E-state index contributed by atoms with van der Waals surface area (Å²) in [6, 6.07) is 0. The summed E-state index contributed by atoms with van der Waals surface area (Å²) >= 11 is 0. The van der Waals surface area contributed by atoms with Crippen LogP contribution in [0.1, 0.15) is 51.7 Å². The van der Waals surface area contributed by atoms with Crippen LogP contribution in [0, 0.1) is 18.4 Å². The summed E-state index contributed by atoms with van der Waals surface area (Å²) in [7, 11) is 0. The molecule has 2 aliphatic carbocycles. The van der Waals surface area contributed by atoms with E-state index in [1.807, 2.05) is 0 Å². The predicted molar refractivity (Wildman–Crippen MR) is 106 cm³/mol. The van der Waals surface area contributed by atoms with Gasteiger partial charge in [0.2, 0.25) is 0 Å². The third-order valence-corrected chi connectivity index (χ3v) is 5.88. The second-order valence-corrected chi connectivity index (χ2v) is 7.88. The summed E-state index contributed by atoms with van der Waals surface area (Å²) in [5.74, 6) is 0.638. The number of ether oxygens (including phenoxy) is 2. The Morgan fingerprint density at radius 3 is 2.67 bits per heavy atom. The van der Waals surface area contributed by atoms with Gasteiger partial charge >= 0.3 is 17.1 Å². The predicted octanol–water partition coefficient (Wildman–Crippen LogP) is 1.77. The van der Waals surface area contributed by atoms with Gasteiger partial charge in [0.25, 0.3) is 0 Å². The van der Waals surface area contributed by atoms with Crippen molar-refractivity contribution < 1.29 is 36.8 Å². The van der Waals surface area contributed by atoms with Crippen LogP contribution in [-0.2, 0) is 26.5 Å². The zero-order valence-corrected chi connectivity index (χ0v) is 18.1. The Morgan fingerprint density at radius 2 is 2.10 bits per heavy atom. The first-order valence-electron chi connectivity index (χ1n) is 10.3. The summed E-state index contributed by atoms with van der Waals surface area (Å²) < 4.78 is 13.5. The van der Waals surface area contributed by atoms with Gasteiger partial charge in [-0.2, -0.15) is 25.4 Å². The van der Waals surface area contributed by atoms with E-state index in [4.69, 9.17) is 15.2 Å². The number of hydrogen-bond donors (Lipinski definition) is 3. The van der Waals surface area contributed by atoms with Gasteiger partial charge in [-0.05, 0) is 0 Å².